The second-order valence-corrected chi connectivity index (χ2v) is 4.44. The van der Waals surface area contributed by atoms with Gasteiger partial charge < -0.3 is 4.90 Å². The van der Waals surface area contributed by atoms with E-state index < -0.39 is 0 Å². The van der Waals surface area contributed by atoms with E-state index in [2.05, 4.69) is 46.6 Å². The van der Waals surface area contributed by atoms with E-state index in [1.165, 1.54) is 25.8 Å². The lowest BCUT2D eigenvalue weighted by molar-refractivity contribution is 0.0726. The molecule has 0 heterocycles. The molecule has 0 fully saturated rings. The van der Waals surface area contributed by atoms with Gasteiger partial charge in [-0.05, 0) is 39.3 Å². The highest BCUT2D eigenvalue weighted by Crippen LogP contribution is 2.29. The van der Waals surface area contributed by atoms with Gasteiger partial charge in [0.15, 0.2) is 0 Å². The van der Waals surface area contributed by atoms with Crippen LogP contribution in [0.4, 0.5) is 0 Å². The Hall–Kier alpha value is -0.0400. The van der Waals surface area contributed by atoms with Crippen molar-refractivity contribution in [2.45, 2.75) is 59.4 Å². The first-order valence-electron chi connectivity index (χ1n) is 5.74. The van der Waals surface area contributed by atoms with Crippen LogP contribution in [0.15, 0.2) is 0 Å². The third-order valence-corrected chi connectivity index (χ3v) is 3.82. The van der Waals surface area contributed by atoms with Gasteiger partial charge in [-0.25, -0.2) is 0 Å². The third kappa shape index (κ3) is 2.98. The summed E-state index contributed by atoms with van der Waals surface area (Å²) >= 11 is 0. The van der Waals surface area contributed by atoms with Gasteiger partial charge in [0.1, 0.15) is 0 Å². The first-order chi connectivity index (χ1) is 6.02. The molecule has 13 heavy (non-hydrogen) atoms. The van der Waals surface area contributed by atoms with Crippen molar-refractivity contribution in [2.75, 3.05) is 13.6 Å². The van der Waals surface area contributed by atoms with Gasteiger partial charge in [0.05, 0.1) is 0 Å². The van der Waals surface area contributed by atoms with Crippen LogP contribution in [0.5, 0.6) is 0 Å². The average Bonchev–Trinajstić information content (AvgIpc) is 2.15. The lowest BCUT2D eigenvalue weighted by atomic mass is 9.81. The molecule has 0 saturated carbocycles. The van der Waals surface area contributed by atoms with Gasteiger partial charge in [-0.3, -0.25) is 0 Å². The molecule has 0 radical (unpaired) electrons. The molecule has 2 unspecified atom stereocenters. The van der Waals surface area contributed by atoms with E-state index in [9.17, 15) is 0 Å². The maximum atomic E-state index is 2.53. The summed E-state index contributed by atoms with van der Waals surface area (Å²) in [6.07, 6.45) is 3.78. The lowest BCUT2D eigenvalue weighted by Crippen LogP contribution is -2.48. The van der Waals surface area contributed by atoms with Crippen molar-refractivity contribution in [1.29, 1.82) is 0 Å². The highest BCUT2D eigenvalue weighted by Gasteiger charge is 2.31. The molecule has 0 spiro atoms. The van der Waals surface area contributed by atoms with Crippen LogP contribution >= 0.6 is 0 Å². The molecule has 1 nitrogen and oxygen atoms in total. The van der Waals surface area contributed by atoms with Crippen LogP contribution in [-0.2, 0) is 0 Å². The van der Waals surface area contributed by atoms with Gasteiger partial charge >= 0.3 is 0 Å². The molecule has 2 atom stereocenters. The summed E-state index contributed by atoms with van der Waals surface area (Å²) in [6, 6.07) is 0. The van der Waals surface area contributed by atoms with Crippen LogP contribution < -0.4 is 0 Å². The Balaban J connectivity index is 4.41. The Morgan fingerprint density at radius 3 is 2.08 bits per heavy atom. The Labute approximate surface area is 84.5 Å². The zero-order valence-electron chi connectivity index (χ0n) is 10.4. The quantitative estimate of drug-likeness (QED) is 0.612. The largest absolute Gasteiger partial charge is 0.301 e. The van der Waals surface area contributed by atoms with Crippen molar-refractivity contribution in [3.63, 3.8) is 0 Å². The molecule has 0 aromatic rings. The fourth-order valence-electron chi connectivity index (χ4n) is 2.03. The zero-order valence-corrected chi connectivity index (χ0v) is 10.4. The summed E-state index contributed by atoms with van der Waals surface area (Å²) in [5.74, 6) is 0.786. The summed E-state index contributed by atoms with van der Waals surface area (Å²) in [7, 11) is 2.26. The van der Waals surface area contributed by atoms with Gasteiger partial charge in [-0.1, -0.05) is 34.1 Å². The molecule has 0 aromatic heterocycles. The summed E-state index contributed by atoms with van der Waals surface area (Å²) in [6.45, 7) is 12.8. The second-order valence-electron chi connectivity index (χ2n) is 4.44. The number of nitrogens with zero attached hydrogens (tertiary/aromatic N) is 1. The molecule has 0 saturated heterocycles. The van der Waals surface area contributed by atoms with Crippen LogP contribution in [-0.4, -0.2) is 24.0 Å². The minimum absolute atomic E-state index is 0.394. The second kappa shape index (κ2) is 5.64. The van der Waals surface area contributed by atoms with Gasteiger partial charge in [0.2, 0.25) is 0 Å². The van der Waals surface area contributed by atoms with Crippen LogP contribution in [0.2, 0.25) is 0 Å². The average molecular weight is 185 g/mol. The first kappa shape index (κ1) is 13.0. The molecule has 0 aromatic carbocycles. The highest BCUT2D eigenvalue weighted by molar-refractivity contribution is 4.87. The minimum atomic E-state index is 0.394. The fraction of sp³-hybridized carbons (Fsp3) is 1.00. The highest BCUT2D eigenvalue weighted by atomic mass is 15.2. The van der Waals surface area contributed by atoms with E-state index in [1.807, 2.05) is 0 Å². The summed E-state index contributed by atoms with van der Waals surface area (Å²) in [4.78, 5) is 2.53. The Kier molecular flexibility index (Phi) is 5.62. The van der Waals surface area contributed by atoms with E-state index in [1.54, 1.807) is 0 Å². The van der Waals surface area contributed by atoms with Crippen molar-refractivity contribution in [3.8, 4) is 0 Å². The predicted molar refractivity (Wildman–Crippen MR) is 61.1 cm³/mol. The molecule has 0 bridgehead atoms. The fourth-order valence-corrected chi connectivity index (χ4v) is 2.03. The molecule has 0 aliphatic carbocycles. The van der Waals surface area contributed by atoms with E-state index in [-0.39, 0.29) is 0 Å². The van der Waals surface area contributed by atoms with Gasteiger partial charge in [-0.2, -0.15) is 0 Å². The Bertz CT molecular complexity index is 133. The molecule has 0 rings (SSSR count). The van der Waals surface area contributed by atoms with Crippen molar-refractivity contribution >= 4 is 0 Å². The van der Waals surface area contributed by atoms with Crippen molar-refractivity contribution in [2.24, 2.45) is 5.92 Å². The maximum absolute atomic E-state index is 2.53. The maximum Gasteiger partial charge on any atom is 0.0201 e. The standard InChI is InChI=1S/C12H27N/c1-7-10-13(6)12(5,9-3)11(4)8-2/h11H,7-10H2,1-6H3. The van der Waals surface area contributed by atoms with E-state index in [0.29, 0.717) is 5.54 Å². The van der Waals surface area contributed by atoms with Crippen molar-refractivity contribution in [1.82, 2.24) is 4.90 Å². The molecular formula is C12H27N. The van der Waals surface area contributed by atoms with Crippen LogP contribution in [0.25, 0.3) is 0 Å². The number of rotatable bonds is 6. The van der Waals surface area contributed by atoms with E-state index >= 15 is 0 Å². The zero-order chi connectivity index (χ0) is 10.5. The number of hydrogen-bond acceptors (Lipinski definition) is 1. The first-order valence-corrected chi connectivity index (χ1v) is 5.74. The molecule has 0 amide bonds. The summed E-state index contributed by atoms with van der Waals surface area (Å²) in [5, 5.41) is 0. The topological polar surface area (TPSA) is 3.24 Å². The Morgan fingerprint density at radius 1 is 1.23 bits per heavy atom. The van der Waals surface area contributed by atoms with Crippen LogP contribution in [0.3, 0.4) is 0 Å². The molecule has 0 aliphatic rings. The van der Waals surface area contributed by atoms with Gasteiger partial charge in [0.25, 0.3) is 0 Å². The summed E-state index contributed by atoms with van der Waals surface area (Å²) in [5.41, 5.74) is 0.394. The normalized spacial score (nSPS) is 18.7. The minimum Gasteiger partial charge on any atom is -0.301 e. The Morgan fingerprint density at radius 2 is 1.77 bits per heavy atom. The molecule has 0 aliphatic heterocycles. The smallest absolute Gasteiger partial charge is 0.0201 e. The third-order valence-electron chi connectivity index (χ3n) is 3.82. The molecule has 1 heteroatoms. The van der Waals surface area contributed by atoms with Crippen LogP contribution in [0, 0.1) is 5.92 Å². The van der Waals surface area contributed by atoms with Gasteiger partial charge in [-0.15, -0.1) is 0 Å². The SMILES string of the molecule is CCCN(C)C(C)(CC)C(C)CC. The summed E-state index contributed by atoms with van der Waals surface area (Å²) < 4.78 is 0. The predicted octanol–water partition coefficient (Wildman–Crippen LogP) is 3.54. The van der Waals surface area contributed by atoms with E-state index in [4.69, 9.17) is 0 Å². The molecular weight excluding hydrogens is 158 g/mol. The lowest BCUT2D eigenvalue weighted by Gasteiger charge is -2.43. The van der Waals surface area contributed by atoms with Crippen LogP contribution in [0.1, 0.15) is 53.9 Å². The number of hydrogen-bond donors (Lipinski definition) is 0. The monoisotopic (exact) mass is 185 g/mol. The van der Waals surface area contributed by atoms with E-state index in [0.717, 1.165) is 5.92 Å². The molecule has 80 valence electrons. The van der Waals surface area contributed by atoms with Crippen molar-refractivity contribution in [3.05, 3.63) is 0 Å². The van der Waals surface area contributed by atoms with Gasteiger partial charge in [0, 0.05) is 5.54 Å². The van der Waals surface area contributed by atoms with Crippen molar-refractivity contribution < 1.29 is 0 Å². The molecule has 0 N–H and O–H groups in total.